The molecule has 3 rings (SSSR count). The van der Waals surface area contributed by atoms with Crippen molar-refractivity contribution >= 4 is 23.7 Å². The number of carboxylic acid groups (broad SMARTS) is 1. The quantitative estimate of drug-likeness (QED) is 0.544. The van der Waals surface area contributed by atoms with E-state index in [0.717, 1.165) is 28.0 Å². The molecule has 194 valence electrons. The molecule has 1 aliphatic heterocycles. The number of ether oxygens (including phenoxy) is 1. The van der Waals surface area contributed by atoms with Crippen molar-refractivity contribution in [2.24, 2.45) is 0 Å². The first-order chi connectivity index (χ1) is 17.1. The van der Waals surface area contributed by atoms with Crippen molar-refractivity contribution < 1.29 is 37.4 Å². The molecular weight excluding hydrogens is 491 g/mol. The number of carbonyl (C=O) groups excluding carboxylic acids is 2. The number of urea groups is 1. The van der Waals surface area contributed by atoms with Crippen LogP contribution < -0.4 is 4.90 Å². The molecule has 0 aromatic heterocycles. The number of amides is 2. The molecule has 0 bridgehead atoms. The van der Waals surface area contributed by atoms with Gasteiger partial charge in [0.05, 0.1) is 34.5 Å². The number of nitrogens with zero attached hydrogens (tertiary/aromatic N) is 3. The number of benzene rings is 2. The minimum atomic E-state index is -4.71. The number of alkyl halides is 3. The predicted octanol–water partition coefficient (Wildman–Crippen LogP) is 5.26. The summed E-state index contributed by atoms with van der Waals surface area (Å²) < 4.78 is 45.5. The Hall–Kier alpha value is -4.33. The van der Waals surface area contributed by atoms with E-state index in [0.29, 0.717) is 0 Å². The number of allylic oxidation sites excluding steroid dienone is 1. The minimum absolute atomic E-state index is 0.119. The number of halogens is 3. The number of esters is 1. The van der Waals surface area contributed by atoms with Crippen LogP contribution in [0.25, 0.3) is 0 Å². The number of rotatable bonds is 5. The van der Waals surface area contributed by atoms with Crippen LogP contribution in [0, 0.1) is 11.3 Å². The molecule has 37 heavy (non-hydrogen) atoms. The van der Waals surface area contributed by atoms with Crippen molar-refractivity contribution in [1.29, 1.82) is 5.26 Å². The lowest BCUT2D eigenvalue weighted by Gasteiger charge is -2.42. The molecule has 0 saturated heterocycles. The fourth-order valence-corrected chi connectivity index (χ4v) is 4.01. The number of anilines is 1. The maximum Gasteiger partial charge on any atom is 0.416 e. The number of carbonyl (C=O) groups is 3. The van der Waals surface area contributed by atoms with Gasteiger partial charge in [-0.1, -0.05) is 18.2 Å². The molecule has 2 amide bonds. The van der Waals surface area contributed by atoms with Gasteiger partial charge in [0.1, 0.15) is 12.1 Å². The molecule has 1 N–H and O–H groups in total. The molecule has 0 radical (unpaired) electrons. The highest BCUT2D eigenvalue weighted by atomic mass is 19.4. The Morgan fingerprint density at radius 1 is 1.11 bits per heavy atom. The third kappa shape index (κ3) is 5.91. The van der Waals surface area contributed by atoms with E-state index in [1.807, 2.05) is 6.07 Å². The lowest BCUT2D eigenvalue weighted by Crippen LogP contribution is -2.53. The second-order valence-corrected chi connectivity index (χ2v) is 9.32. The largest absolute Gasteiger partial charge is 0.478 e. The Labute approximate surface area is 211 Å². The van der Waals surface area contributed by atoms with Gasteiger partial charge in [0.15, 0.2) is 0 Å². The second kappa shape index (κ2) is 9.97. The highest BCUT2D eigenvalue weighted by molar-refractivity contribution is 6.03. The number of hydrogen-bond acceptors (Lipinski definition) is 5. The van der Waals surface area contributed by atoms with Crippen LogP contribution in [0.1, 0.15) is 50.4 Å². The molecule has 0 aliphatic carbocycles. The van der Waals surface area contributed by atoms with Crippen LogP contribution in [0.15, 0.2) is 59.8 Å². The van der Waals surface area contributed by atoms with Crippen molar-refractivity contribution in [3.63, 3.8) is 0 Å². The third-order valence-electron chi connectivity index (χ3n) is 5.48. The Bertz CT molecular complexity index is 1300. The van der Waals surface area contributed by atoms with E-state index in [1.165, 1.54) is 37.3 Å². The molecule has 1 heterocycles. The molecule has 2 aromatic rings. The highest BCUT2D eigenvalue weighted by Crippen LogP contribution is 2.41. The summed E-state index contributed by atoms with van der Waals surface area (Å²) in [6, 6.07) is 9.41. The maximum atomic E-state index is 13.8. The predicted molar refractivity (Wildman–Crippen MR) is 126 cm³/mol. The zero-order chi connectivity index (χ0) is 27.7. The molecule has 11 heteroatoms. The smallest absolute Gasteiger partial charge is 0.416 e. The van der Waals surface area contributed by atoms with Gasteiger partial charge < -0.3 is 14.7 Å². The summed E-state index contributed by atoms with van der Waals surface area (Å²) in [5.41, 5.74) is -2.04. The summed E-state index contributed by atoms with van der Waals surface area (Å²) >= 11 is 0. The van der Waals surface area contributed by atoms with Crippen LogP contribution in [0.4, 0.5) is 23.7 Å². The van der Waals surface area contributed by atoms with E-state index >= 15 is 0 Å². The Balaban J connectivity index is 2.23. The van der Waals surface area contributed by atoms with Crippen LogP contribution in [0.3, 0.4) is 0 Å². The third-order valence-corrected chi connectivity index (χ3v) is 5.48. The zero-order valence-corrected chi connectivity index (χ0v) is 20.5. The summed E-state index contributed by atoms with van der Waals surface area (Å²) in [6.45, 7) is 5.47. The van der Waals surface area contributed by atoms with E-state index in [9.17, 15) is 32.7 Å². The first-order valence-electron chi connectivity index (χ1n) is 11.1. The van der Waals surface area contributed by atoms with Crippen molar-refractivity contribution in [3.8, 4) is 6.07 Å². The molecule has 8 nitrogen and oxygen atoms in total. The normalized spacial score (nSPS) is 16.5. The molecule has 0 fully saturated rings. The molecule has 0 saturated carbocycles. The average Bonchev–Trinajstić information content (AvgIpc) is 2.79. The summed E-state index contributed by atoms with van der Waals surface area (Å²) in [4.78, 5) is 40.7. The Morgan fingerprint density at radius 3 is 2.24 bits per heavy atom. The molecule has 0 spiro atoms. The van der Waals surface area contributed by atoms with Gasteiger partial charge in [0.25, 0.3) is 0 Å². The van der Waals surface area contributed by atoms with Crippen LogP contribution >= 0.6 is 0 Å². The average molecular weight is 515 g/mol. The topological polar surface area (TPSA) is 111 Å². The summed E-state index contributed by atoms with van der Waals surface area (Å²) in [5.74, 6) is -2.28. The van der Waals surface area contributed by atoms with Gasteiger partial charge in [-0.2, -0.15) is 18.4 Å². The molecule has 1 unspecified atom stereocenters. The van der Waals surface area contributed by atoms with E-state index < -0.39 is 47.9 Å². The van der Waals surface area contributed by atoms with Crippen LogP contribution in [-0.2, 0) is 20.5 Å². The summed E-state index contributed by atoms with van der Waals surface area (Å²) in [6.07, 6.45) is -4.71. The van der Waals surface area contributed by atoms with E-state index in [-0.39, 0.29) is 28.1 Å². The molecule has 1 atom stereocenters. The number of nitriles is 1. The van der Waals surface area contributed by atoms with E-state index in [4.69, 9.17) is 10.00 Å². The van der Waals surface area contributed by atoms with Crippen LogP contribution in [0.5, 0.6) is 0 Å². The van der Waals surface area contributed by atoms with Gasteiger partial charge in [-0.25, -0.2) is 9.59 Å². The van der Waals surface area contributed by atoms with Gasteiger partial charge in [0.2, 0.25) is 0 Å². The van der Waals surface area contributed by atoms with Crippen molar-refractivity contribution in [2.45, 2.75) is 45.5 Å². The molecule has 2 aromatic carbocycles. The number of hydrogen-bond donors (Lipinski definition) is 1. The first kappa shape index (κ1) is 27.3. The minimum Gasteiger partial charge on any atom is -0.478 e. The highest BCUT2D eigenvalue weighted by Gasteiger charge is 2.44. The summed E-state index contributed by atoms with van der Waals surface area (Å²) in [7, 11) is 0. The van der Waals surface area contributed by atoms with Crippen LogP contribution in [0.2, 0.25) is 0 Å². The maximum absolute atomic E-state index is 13.8. The Morgan fingerprint density at radius 2 is 1.73 bits per heavy atom. The van der Waals surface area contributed by atoms with Gasteiger partial charge in [-0.15, -0.1) is 0 Å². The Kier molecular flexibility index (Phi) is 7.34. The van der Waals surface area contributed by atoms with Crippen molar-refractivity contribution in [1.82, 2.24) is 4.90 Å². The van der Waals surface area contributed by atoms with Gasteiger partial charge in [0, 0.05) is 5.70 Å². The molecule has 1 aliphatic rings. The SMILES string of the molecule is CC1=C(C(=O)O)C(c2ccc(C#N)cc2)N(CC(=O)OC(C)(C)C)C(=O)N1c1cccc(C(F)(F)F)c1. The van der Waals surface area contributed by atoms with E-state index in [1.54, 1.807) is 20.8 Å². The van der Waals surface area contributed by atoms with Gasteiger partial charge in [-0.3, -0.25) is 9.69 Å². The van der Waals surface area contributed by atoms with E-state index in [2.05, 4.69) is 0 Å². The second-order valence-electron chi connectivity index (χ2n) is 9.32. The lowest BCUT2D eigenvalue weighted by molar-refractivity contribution is -0.156. The number of carboxylic acids is 1. The van der Waals surface area contributed by atoms with Crippen molar-refractivity contribution in [2.75, 3.05) is 11.4 Å². The fraction of sp³-hybridized carbons (Fsp3) is 0.308. The first-order valence-corrected chi connectivity index (χ1v) is 11.1. The fourth-order valence-electron chi connectivity index (χ4n) is 4.01. The summed E-state index contributed by atoms with van der Waals surface area (Å²) in [5, 5.41) is 19.3. The van der Waals surface area contributed by atoms with Crippen LogP contribution in [-0.4, -0.2) is 40.1 Å². The molecular formula is C26H24F3N3O5. The number of aliphatic carboxylic acids is 1. The standard InChI is InChI=1S/C26H24F3N3O5/c1-15-21(23(34)35)22(17-10-8-16(13-30)9-11-17)31(14-20(33)37-25(2,3)4)24(36)32(15)19-7-5-6-18(12-19)26(27,28)29/h5-12,22H,14H2,1-4H3,(H,34,35). The van der Waals surface area contributed by atoms with Crippen molar-refractivity contribution in [3.05, 3.63) is 76.5 Å². The van der Waals surface area contributed by atoms with Gasteiger partial charge in [-0.05, 0) is 63.6 Å². The lowest BCUT2D eigenvalue weighted by atomic mass is 9.92. The zero-order valence-electron chi connectivity index (χ0n) is 20.5. The monoisotopic (exact) mass is 515 g/mol. The van der Waals surface area contributed by atoms with Gasteiger partial charge >= 0.3 is 24.1 Å².